The topological polar surface area (TPSA) is 76.1 Å². The molecule has 0 saturated heterocycles. The van der Waals surface area contributed by atoms with Crippen molar-refractivity contribution in [2.24, 2.45) is 0 Å². The zero-order chi connectivity index (χ0) is 17.6. The van der Waals surface area contributed by atoms with Gasteiger partial charge < -0.3 is 19.5 Å². The van der Waals surface area contributed by atoms with Crippen molar-refractivity contribution in [3.8, 4) is 11.5 Å². The number of anilines is 1. The lowest BCUT2D eigenvalue weighted by atomic mass is 10.0. The van der Waals surface area contributed by atoms with Gasteiger partial charge in [-0.15, -0.1) is 0 Å². The van der Waals surface area contributed by atoms with E-state index in [1.54, 1.807) is 35.2 Å². The lowest BCUT2D eigenvalue weighted by molar-refractivity contribution is -0.117. The van der Waals surface area contributed by atoms with E-state index in [9.17, 15) is 14.7 Å². The Kier molecular flexibility index (Phi) is 3.62. The number of nitrogens with zero attached hydrogens (tertiary/aromatic N) is 1. The zero-order valence-corrected chi connectivity index (χ0v) is 13.6. The average molecular weight is 358 g/mol. The van der Waals surface area contributed by atoms with Crippen molar-refractivity contribution >= 4 is 29.2 Å². The summed E-state index contributed by atoms with van der Waals surface area (Å²) in [5.41, 5.74) is 2.01. The molecule has 2 aromatic rings. The van der Waals surface area contributed by atoms with E-state index in [1.807, 2.05) is 0 Å². The number of benzene rings is 2. The first-order chi connectivity index (χ1) is 12.0. The number of ether oxygens (including phenoxy) is 2. The molecule has 126 valence electrons. The Labute approximate surface area is 147 Å². The Morgan fingerprint density at radius 3 is 2.80 bits per heavy atom. The van der Waals surface area contributed by atoms with Crippen molar-refractivity contribution in [1.82, 2.24) is 0 Å². The number of carboxylic acid groups (broad SMARTS) is 1. The Morgan fingerprint density at radius 1 is 1.20 bits per heavy atom. The summed E-state index contributed by atoms with van der Waals surface area (Å²) in [4.78, 5) is 25.7. The molecule has 0 spiro atoms. The number of halogens is 1. The van der Waals surface area contributed by atoms with E-state index in [0.717, 1.165) is 11.3 Å². The maximum absolute atomic E-state index is 12.4. The highest BCUT2D eigenvalue weighted by Gasteiger charge is 2.30. The van der Waals surface area contributed by atoms with Gasteiger partial charge in [0, 0.05) is 10.7 Å². The van der Waals surface area contributed by atoms with Crippen molar-refractivity contribution in [2.75, 3.05) is 4.90 Å². The third-order valence-electron chi connectivity index (χ3n) is 4.16. The van der Waals surface area contributed by atoms with Gasteiger partial charge in [0.05, 0.1) is 13.0 Å². The van der Waals surface area contributed by atoms with Crippen LogP contribution in [0.25, 0.3) is 0 Å². The van der Waals surface area contributed by atoms with Crippen LogP contribution in [-0.4, -0.2) is 17.0 Å². The predicted molar refractivity (Wildman–Crippen MR) is 90.1 cm³/mol. The van der Waals surface area contributed by atoms with Crippen molar-refractivity contribution in [3.63, 3.8) is 0 Å². The minimum absolute atomic E-state index is 0.0166. The van der Waals surface area contributed by atoms with Gasteiger partial charge in [-0.25, -0.2) is 4.79 Å². The molecule has 1 N–H and O–H groups in total. The van der Waals surface area contributed by atoms with E-state index in [1.165, 1.54) is 12.5 Å². The average Bonchev–Trinajstić information content (AvgIpc) is 2.89. The number of amides is 1. The largest absolute Gasteiger partial charge is 0.478 e. The molecule has 6 nitrogen and oxygen atoms in total. The van der Waals surface area contributed by atoms with Crippen molar-refractivity contribution in [3.05, 3.63) is 64.6 Å². The van der Waals surface area contributed by atoms with E-state index in [4.69, 9.17) is 21.1 Å². The van der Waals surface area contributed by atoms with E-state index in [2.05, 4.69) is 0 Å². The van der Waals surface area contributed by atoms with Crippen LogP contribution in [0.1, 0.15) is 21.5 Å². The molecule has 7 heteroatoms. The molecule has 4 rings (SSSR count). The number of carbonyl (C=O) groups excluding carboxylic acids is 1. The van der Waals surface area contributed by atoms with Gasteiger partial charge in [-0.2, -0.15) is 0 Å². The Hall–Kier alpha value is -2.99. The summed E-state index contributed by atoms with van der Waals surface area (Å²) in [6, 6.07) is 8.49. The summed E-state index contributed by atoms with van der Waals surface area (Å²) < 4.78 is 10.6. The second-order valence-electron chi connectivity index (χ2n) is 5.67. The minimum Gasteiger partial charge on any atom is -0.478 e. The first kappa shape index (κ1) is 15.5. The molecule has 1 amide bonds. The molecule has 2 aliphatic rings. The molecule has 2 aliphatic heterocycles. The van der Waals surface area contributed by atoms with Gasteiger partial charge >= 0.3 is 5.97 Å². The molecular formula is C18H12ClNO5. The Balaban J connectivity index is 1.75. The molecule has 0 atom stereocenters. The third kappa shape index (κ3) is 2.60. The van der Waals surface area contributed by atoms with Crippen LogP contribution >= 0.6 is 11.6 Å². The fourth-order valence-corrected chi connectivity index (χ4v) is 3.27. The maximum Gasteiger partial charge on any atom is 0.340 e. The van der Waals surface area contributed by atoms with Crippen molar-refractivity contribution in [1.29, 1.82) is 0 Å². The summed E-state index contributed by atoms with van der Waals surface area (Å²) >= 11 is 5.98. The van der Waals surface area contributed by atoms with E-state index < -0.39 is 5.97 Å². The van der Waals surface area contributed by atoms with Crippen LogP contribution < -0.4 is 14.4 Å². The Morgan fingerprint density at radius 2 is 2.00 bits per heavy atom. The van der Waals surface area contributed by atoms with Crippen LogP contribution in [0, 0.1) is 0 Å². The standard InChI is InChI=1S/C18H12ClNO5/c19-12-2-3-13-11(7-12)8-15(21)20(13)9-10-1-4-14-17(16(10)18(22)23)25-6-5-24-14/h1-7H,8-9H2,(H,22,23). The number of hydrogen-bond donors (Lipinski definition) is 1. The highest BCUT2D eigenvalue weighted by Crippen LogP contribution is 2.38. The SMILES string of the molecule is O=C(O)c1c(CN2C(=O)Cc3cc(Cl)ccc32)ccc2c1OC=CO2. The fraction of sp³-hybridized carbons (Fsp3) is 0.111. The molecular weight excluding hydrogens is 346 g/mol. The van der Waals surface area contributed by atoms with Gasteiger partial charge in [-0.05, 0) is 35.4 Å². The fourth-order valence-electron chi connectivity index (χ4n) is 3.07. The normalized spacial score (nSPS) is 14.6. The zero-order valence-electron chi connectivity index (χ0n) is 12.9. The second kappa shape index (κ2) is 5.82. The number of hydrogen-bond acceptors (Lipinski definition) is 4. The summed E-state index contributed by atoms with van der Waals surface area (Å²) in [7, 11) is 0. The molecule has 0 radical (unpaired) electrons. The molecule has 0 bridgehead atoms. The van der Waals surface area contributed by atoms with Gasteiger partial charge in [-0.3, -0.25) is 4.79 Å². The lowest BCUT2D eigenvalue weighted by Gasteiger charge is -2.21. The smallest absolute Gasteiger partial charge is 0.340 e. The number of fused-ring (bicyclic) bond motifs is 2. The maximum atomic E-state index is 12.4. The van der Waals surface area contributed by atoms with Crippen LogP contribution in [-0.2, 0) is 17.8 Å². The van der Waals surface area contributed by atoms with Crippen LogP contribution in [0.4, 0.5) is 5.69 Å². The quantitative estimate of drug-likeness (QED) is 0.911. The van der Waals surface area contributed by atoms with Crippen LogP contribution in [0.3, 0.4) is 0 Å². The number of carboxylic acids is 1. The van der Waals surface area contributed by atoms with Gasteiger partial charge in [0.25, 0.3) is 0 Å². The summed E-state index contributed by atoms with van der Waals surface area (Å²) in [6.45, 7) is 0.120. The Bertz CT molecular complexity index is 937. The third-order valence-corrected chi connectivity index (χ3v) is 4.40. The van der Waals surface area contributed by atoms with E-state index in [-0.39, 0.29) is 30.2 Å². The van der Waals surface area contributed by atoms with Gasteiger partial charge in [0.1, 0.15) is 18.1 Å². The van der Waals surface area contributed by atoms with Crippen molar-refractivity contribution < 1.29 is 24.2 Å². The highest BCUT2D eigenvalue weighted by molar-refractivity contribution is 6.30. The minimum atomic E-state index is -1.14. The summed E-state index contributed by atoms with van der Waals surface area (Å²) in [5.74, 6) is -0.795. The summed E-state index contributed by atoms with van der Waals surface area (Å²) in [6.07, 6.45) is 2.85. The molecule has 2 aromatic carbocycles. The van der Waals surface area contributed by atoms with E-state index in [0.29, 0.717) is 16.3 Å². The first-order valence-corrected chi connectivity index (χ1v) is 7.88. The highest BCUT2D eigenvalue weighted by atomic mass is 35.5. The molecule has 0 aromatic heterocycles. The molecule has 0 saturated carbocycles. The van der Waals surface area contributed by atoms with Crippen LogP contribution in [0.5, 0.6) is 11.5 Å². The lowest BCUT2D eigenvalue weighted by Crippen LogP contribution is -2.27. The van der Waals surface area contributed by atoms with Crippen molar-refractivity contribution in [2.45, 2.75) is 13.0 Å². The van der Waals surface area contributed by atoms with E-state index >= 15 is 0 Å². The number of rotatable bonds is 3. The van der Waals surface area contributed by atoms with Gasteiger partial charge in [-0.1, -0.05) is 17.7 Å². The molecule has 25 heavy (non-hydrogen) atoms. The molecule has 2 heterocycles. The monoisotopic (exact) mass is 357 g/mol. The molecule has 0 unspecified atom stereocenters. The van der Waals surface area contributed by atoms with Gasteiger partial charge in [0.15, 0.2) is 11.5 Å². The number of aromatic carboxylic acids is 1. The summed E-state index contributed by atoms with van der Waals surface area (Å²) in [5, 5.41) is 10.2. The van der Waals surface area contributed by atoms with Crippen LogP contribution in [0.15, 0.2) is 42.9 Å². The first-order valence-electron chi connectivity index (χ1n) is 7.51. The molecule has 0 fully saturated rings. The predicted octanol–water partition coefficient (Wildman–Crippen LogP) is 3.37. The second-order valence-corrected chi connectivity index (χ2v) is 6.11. The number of carbonyl (C=O) groups is 2. The van der Waals surface area contributed by atoms with Gasteiger partial charge in [0.2, 0.25) is 5.91 Å². The van der Waals surface area contributed by atoms with Crippen LogP contribution in [0.2, 0.25) is 5.02 Å². The molecule has 0 aliphatic carbocycles.